The van der Waals surface area contributed by atoms with E-state index in [-0.39, 0.29) is 24.8 Å². The van der Waals surface area contributed by atoms with Crippen molar-refractivity contribution in [2.24, 2.45) is 5.16 Å². The van der Waals surface area contributed by atoms with Gasteiger partial charge in [0.25, 0.3) is 5.91 Å². The Kier molecular flexibility index (Phi) is 7.35. The lowest BCUT2D eigenvalue weighted by Crippen LogP contribution is -2.26. The second kappa shape index (κ2) is 9.97. The molecular weight excluding hydrogens is 346 g/mol. The minimum absolute atomic E-state index is 0.0320. The van der Waals surface area contributed by atoms with E-state index in [1.165, 1.54) is 18.3 Å². The summed E-state index contributed by atoms with van der Waals surface area (Å²) in [7, 11) is 1.55. The zero-order valence-electron chi connectivity index (χ0n) is 14.0. The average Bonchev–Trinajstić information content (AvgIpc) is 2.64. The highest BCUT2D eigenvalue weighted by Gasteiger charge is 2.08. The molecule has 2 aromatic rings. The summed E-state index contributed by atoms with van der Waals surface area (Å²) in [6.45, 7) is -2.98. The third-order valence-electron chi connectivity index (χ3n) is 3.27. The smallest absolute Gasteiger partial charge is 0.387 e. The van der Waals surface area contributed by atoms with E-state index in [0.29, 0.717) is 11.3 Å². The Morgan fingerprint density at radius 1 is 1.15 bits per heavy atom. The molecule has 1 amide bonds. The van der Waals surface area contributed by atoms with Gasteiger partial charge in [-0.2, -0.15) is 8.78 Å². The molecule has 0 aliphatic carbocycles. The van der Waals surface area contributed by atoms with Crippen LogP contribution >= 0.6 is 0 Å². The number of nitrogens with one attached hydrogen (secondary N) is 1. The molecule has 0 bridgehead atoms. The molecule has 0 saturated heterocycles. The zero-order valence-corrected chi connectivity index (χ0v) is 14.0. The third-order valence-corrected chi connectivity index (χ3v) is 3.27. The van der Waals surface area contributed by atoms with Crippen LogP contribution in [-0.4, -0.2) is 32.4 Å². The summed E-state index contributed by atoms with van der Waals surface area (Å²) in [4.78, 5) is 16.7. The monoisotopic (exact) mass is 364 g/mol. The molecular formula is C18H18F2N2O4. The third kappa shape index (κ3) is 6.04. The van der Waals surface area contributed by atoms with Crippen LogP contribution < -0.4 is 14.8 Å². The lowest BCUT2D eigenvalue weighted by molar-refractivity contribution is -0.125. The molecule has 0 saturated carbocycles. The van der Waals surface area contributed by atoms with E-state index in [0.717, 1.165) is 5.56 Å². The maximum absolute atomic E-state index is 12.3. The van der Waals surface area contributed by atoms with Crippen molar-refractivity contribution in [3.8, 4) is 11.5 Å². The van der Waals surface area contributed by atoms with Crippen molar-refractivity contribution in [1.82, 2.24) is 5.32 Å². The molecule has 0 aromatic heterocycles. The first-order valence-corrected chi connectivity index (χ1v) is 7.68. The summed E-state index contributed by atoms with van der Waals surface area (Å²) < 4.78 is 34.2. The Labute approximate surface area is 149 Å². The second-order valence-corrected chi connectivity index (χ2v) is 5.01. The fourth-order valence-corrected chi connectivity index (χ4v) is 2.07. The van der Waals surface area contributed by atoms with Gasteiger partial charge in [-0.3, -0.25) is 4.79 Å². The van der Waals surface area contributed by atoms with Crippen LogP contribution in [0.25, 0.3) is 0 Å². The molecule has 138 valence electrons. The lowest BCUT2D eigenvalue weighted by atomic mass is 10.2. The predicted octanol–water partition coefficient (Wildman–Crippen LogP) is 2.96. The van der Waals surface area contributed by atoms with Crippen molar-refractivity contribution in [3.05, 3.63) is 59.7 Å². The summed E-state index contributed by atoms with van der Waals surface area (Å²) in [5.74, 6) is 0.253. The van der Waals surface area contributed by atoms with E-state index in [9.17, 15) is 13.6 Å². The quantitative estimate of drug-likeness (QED) is 0.549. The van der Waals surface area contributed by atoms with Crippen molar-refractivity contribution in [2.45, 2.75) is 13.2 Å². The van der Waals surface area contributed by atoms with Crippen LogP contribution in [0.2, 0.25) is 0 Å². The standard InChI is InChI=1S/C18H18F2N2O4/c1-24-15-8-4-2-6-13(15)10-21-17(23)12-25-22-11-14-7-3-5-9-16(14)26-18(19)20/h2-9,11,18H,10,12H2,1H3,(H,21,23)/b22-11+. The maximum Gasteiger partial charge on any atom is 0.387 e. The number of methoxy groups -OCH3 is 1. The molecule has 0 aliphatic rings. The van der Waals surface area contributed by atoms with Crippen LogP contribution in [0.4, 0.5) is 8.78 Å². The summed E-state index contributed by atoms with van der Waals surface area (Å²) in [6.07, 6.45) is 1.20. The first-order valence-electron chi connectivity index (χ1n) is 7.68. The highest BCUT2D eigenvalue weighted by atomic mass is 19.3. The molecule has 2 aromatic carbocycles. The fourth-order valence-electron chi connectivity index (χ4n) is 2.07. The van der Waals surface area contributed by atoms with E-state index in [4.69, 9.17) is 9.57 Å². The number of benzene rings is 2. The first kappa shape index (κ1) is 19.2. The number of amides is 1. The van der Waals surface area contributed by atoms with Crippen LogP contribution in [0.1, 0.15) is 11.1 Å². The van der Waals surface area contributed by atoms with Gasteiger partial charge in [0.1, 0.15) is 11.5 Å². The number of hydrogen-bond acceptors (Lipinski definition) is 5. The summed E-state index contributed by atoms with van der Waals surface area (Å²) >= 11 is 0. The molecule has 6 nitrogen and oxygen atoms in total. The number of alkyl halides is 2. The zero-order chi connectivity index (χ0) is 18.8. The second-order valence-electron chi connectivity index (χ2n) is 5.01. The highest BCUT2D eigenvalue weighted by Crippen LogP contribution is 2.18. The van der Waals surface area contributed by atoms with E-state index in [1.807, 2.05) is 18.2 Å². The van der Waals surface area contributed by atoms with Crippen molar-refractivity contribution in [3.63, 3.8) is 0 Å². The summed E-state index contributed by atoms with van der Waals surface area (Å²) in [5, 5.41) is 6.27. The number of hydrogen-bond donors (Lipinski definition) is 1. The number of carbonyl (C=O) groups excluding carboxylic acids is 1. The molecule has 0 unspecified atom stereocenters. The number of rotatable bonds is 9. The van der Waals surface area contributed by atoms with Crippen LogP contribution in [0.3, 0.4) is 0 Å². The van der Waals surface area contributed by atoms with Crippen LogP contribution in [0.15, 0.2) is 53.7 Å². The highest BCUT2D eigenvalue weighted by molar-refractivity contribution is 5.83. The van der Waals surface area contributed by atoms with E-state index in [2.05, 4.69) is 15.2 Å². The molecule has 8 heteroatoms. The van der Waals surface area contributed by atoms with Gasteiger partial charge in [-0.15, -0.1) is 0 Å². The van der Waals surface area contributed by atoms with Crippen LogP contribution in [-0.2, 0) is 16.2 Å². The van der Waals surface area contributed by atoms with Gasteiger partial charge in [0, 0.05) is 17.7 Å². The number of ether oxygens (including phenoxy) is 2. The predicted molar refractivity (Wildman–Crippen MR) is 91.5 cm³/mol. The molecule has 0 spiro atoms. The van der Waals surface area contributed by atoms with E-state index in [1.54, 1.807) is 25.3 Å². The Morgan fingerprint density at radius 3 is 2.58 bits per heavy atom. The minimum atomic E-state index is -2.94. The molecule has 0 aliphatic heterocycles. The maximum atomic E-state index is 12.3. The Hall–Kier alpha value is -3.16. The molecule has 1 N–H and O–H groups in total. The lowest BCUT2D eigenvalue weighted by Gasteiger charge is -2.09. The normalized spacial score (nSPS) is 10.8. The summed E-state index contributed by atoms with van der Waals surface area (Å²) in [6, 6.07) is 13.4. The number of carbonyl (C=O) groups is 1. The number of oxime groups is 1. The van der Waals surface area contributed by atoms with Crippen LogP contribution in [0, 0.1) is 0 Å². The summed E-state index contributed by atoms with van der Waals surface area (Å²) in [5.41, 5.74) is 1.13. The topological polar surface area (TPSA) is 69.2 Å². The van der Waals surface area contributed by atoms with E-state index < -0.39 is 6.61 Å². The number of halogens is 2. The van der Waals surface area contributed by atoms with Gasteiger partial charge < -0.3 is 19.6 Å². The van der Waals surface area contributed by atoms with Gasteiger partial charge in [-0.05, 0) is 18.2 Å². The average molecular weight is 364 g/mol. The molecule has 0 radical (unpaired) electrons. The Bertz CT molecular complexity index is 753. The van der Waals surface area contributed by atoms with E-state index >= 15 is 0 Å². The fraction of sp³-hybridized carbons (Fsp3) is 0.222. The van der Waals surface area contributed by atoms with Gasteiger partial charge in [-0.1, -0.05) is 35.5 Å². The molecule has 26 heavy (non-hydrogen) atoms. The molecule has 0 atom stereocenters. The largest absolute Gasteiger partial charge is 0.496 e. The first-order chi connectivity index (χ1) is 12.6. The van der Waals surface area contributed by atoms with Crippen molar-refractivity contribution < 1.29 is 27.9 Å². The number of nitrogens with zero attached hydrogens (tertiary/aromatic N) is 1. The molecule has 0 heterocycles. The van der Waals surface area contributed by atoms with Gasteiger partial charge in [0.15, 0.2) is 6.61 Å². The Balaban J connectivity index is 1.80. The SMILES string of the molecule is COc1ccccc1CNC(=O)CO/N=C/c1ccccc1OC(F)F. The Morgan fingerprint density at radius 2 is 1.85 bits per heavy atom. The van der Waals surface area contributed by atoms with Crippen LogP contribution in [0.5, 0.6) is 11.5 Å². The van der Waals surface area contributed by atoms with Gasteiger partial charge in [0.2, 0.25) is 0 Å². The molecule has 2 rings (SSSR count). The van der Waals surface area contributed by atoms with Gasteiger partial charge in [0.05, 0.1) is 13.3 Å². The van der Waals surface area contributed by atoms with Gasteiger partial charge in [-0.25, -0.2) is 0 Å². The molecule has 0 fully saturated rings. The van der Waals surface area contributed by atoms with Crippen molar-refractivity contribution in [1.29, 1.82) is 0 Å². The van der Waals surface area contributed by atoms with Crippen molar-refractivity contribution in [2.75, 3.05) is 13.7 Å². The number of para-hydroxylation sites is 2. The van der Waals surface area contributed by atoms with Gasteiger partial charge >= 0.3 is 6.61 Å². The van der Waals surface area contributed by atoms with Crippen molar-refractivity contribution >= 4 is 12.1 Å². The minimum Gasteiger partial charge on any atom is -0.496 e.